The standard InChI is InChI=1S/C11H14N2O6S/c12-10(14)5-6-19-9-3-1-8(2-4-9)13-20(17,18)7-11(15)16/h1-4,13H,5-7H2,(H2,12,14)(H,15,16). The number of rotatable bonds is 8. The molecule has 1 amide bonds. The lowest BCUT2D eigenvalue weighted by atomic mass is 10.3. The van der Waals surface area contributed by atoms with Gasteiger partial charge in [-0.25, -0.2) is 8.42 Å². The Balaban J connectivity index is 2.58. The van der Waals surface area contributed by atoms with Crippen LogP contribution in [-0.2, 0) is 19.6 Å². The molecule has 9 heteroatoms. The van der Waals surface area contributed by atoms with Crippen molar-refractivity contribution < 1.29 is 27.9 Å². The molecule has 0 aliphatic heterocycles. The number of aliphatic carboxylic acids is 1. The summed E-state index contributed by atoms with van der Waals surface area (Å²) in [5.41, 5.74) is 5.16. The molecule has 0 spiro atoms. The van der Waals surface area contributed by atoms with E-state index < -0.39 is 27.7 Å². The number of hydrogen-bond donors (Lipinski definition) is 3. The number of carboxylic acids is 1. The minimum Gasteiger partial charge on any atom is -0.493 e. The predicted molar refractivity (Wildman–Crippen MR) is 70.8 cm³/mol. The minimum atomic E-state index is -3.93. The Labute approximate surface area is 115 Å². The summed E-state index contributed by atoms with van der Waals surface area (Å²) in [6, 6.07) is 5.80. The highest BCUT2D eigenvalue weighted by Crippen LogP contribution is 2.16. The highest BCUT2D eigenvalue weighted by atomic mass is 32.2. The van der Waals surface area contributed by atoms with Crippen LogP contribution in [-0.4, -0.2) is 37.8 Å². The number of nitrogens with one attached hydrogen (secondary N) is 1. The first-order valence-corrected chi connectivity index (χ1v) is 7.17. The lowest BCUT2D eigenvalue weighted by Gasteiger charge is -2.08. The van der Waals surface area contributed by atoms with Crippen molar-refractivity contribution >= 4 is 27.6 Å². The molecular formula is C11H14N2O6S. The van der Waals surface area contributed by atoms with E-state index in [4.69, 9.17) is 15.6 Å². The first kappa shape index (κ1) is 15.8. The van der Waals surface area contributed by atoms with Gasteiger partial charge in [0.25, 0.3) is 0 Å². The van der Waals surface area contributed by atoms with Crippen LogP contribution < -0.4 is 15.2 Å². The fourth-order valence-corrected chi connectivity index (χ4v) is 2.16. The second-order valence-electron chi connectivity index (χ2n) is 3.84. The zero-order valence-electron chi connectivity index (χ0n) is 10.4. The summed E-state index contributed by atoms with van der Waals surface area (Å²) >= 11 is 0. The van der Waals surface area contributed by atoms with Crippen molar-refractivity contribution in [3.8, 4) is 5.75 Å². The molecule has 110 valence electrons. The fraction of sp³-hybridized carbons (Fsp3) is 0.273. The van der Waals surface area contributed by atoms with Gasteiger partial charge in [-0.1, -0.05) is 0 Å². The maximum atomic E-state index is 11.4. The van der Waals surface area contributed by atoms with E-state index >= 15 is 0 Å². The Kier molecular flexibility index (Phi) is 5.32. The highest BCUT2D eigenvalue weighted by molar-refractivity contribution is 7.93. The number of primary amides is 1. The number of benzene rings is 1. The second-order valence-corrected chi connectivity index (χ2v) is 5.57. The number of nitrogens with two attached hydrogens (primary N) is 1. The zero-order chi connectivity index (χ0) is 15.2. The van der Waals surface area contributed by atoms with Crippen LogP contribution in [0.25, 0.3) is 0 Å². The van der Waals surface area contributed by atoms with Crippen LogP contribution in [0.2, 0.25) is 0 Å². The summed E-state index contributed by atoms with van der Waals surface area (Å²) in [6.45, 7) is 0.124. The van der Waals surface area contributed by atoms with Gasteiger partial charge in [0.1, 0.15) is 5.75 Å². The van der Waals surface area contributed by atoms with Gasteiger partial charge in [-0.15, -0.1) is 0 Å². The van der Waals surface area contributed by atoms with Crippen molar-refractivity contribution in [3.05, 3.63) is 24.3 Å². The minimum absolute atomic E-state index is 0.0764. The summed E-state index contributed by atoms with van der Waals surface area (Å²) < 4.78 is 30.0. The van der Waals surface area contributed by atoms with Gasteiger partial charge in [-0.2, -0.15) is 0 Å². The summed E-state index contributed by atoms with van der Waals surface area (Å²) in [5.74, 6) is -2.50. The Bertz CT molecular complexity index is 581. The second kappa shape index (κ2) is 6.75. The molecule has 0 aliphatic carbocycles. The van der Waals surface area contributed by atoms with Crippen LogP contribution in [0, 0.1) is 0 Å². The normalized spacial score (nSPS) is 10.8. The molecule has 8 nitrogen and oxygen atoms in total. The topological polar surface area (TPSA) is 136 Å². The van der Waals surface area contributed by atoms with Crippen LogP contribution in [0.1, 0.15) is 6.42 Å². The Morgan fingerprint density at radius 2 is 1.85 bits per heavy atom. The van der Waals surface area contributed by atoms with Gasteiger partial charge < -0.3 is 15.6 Å². The van der Waals surface area contributed by atoms with E-state index in [1.54, 1.807) is 0 Å². The van der Waals surface area contributed by atoms with E-state index in [1.165, 1.54) is 24.3 Å². The molecule has 1 aromatic carbocycles. The maximum Gasteiger partial charge on any atom is 0.320 e. The van der Waals surface area contributed by atoms with Crippen molar-refractivity contribution in [2.24, 2.45) is 5.73 Å². The molecule has 0 aromatic heterocycles. The van der Waals surface area contributed by atoms with Gasteiger partial charge in [0.2, 0.25) is 15.9 Å². The molecular weight excluding hydrogens is 288 g/mol. The van der Waals surface area contributed by atoms with Gasteiger partial charge in [-0.05, 0) is 24.3 Å². The molecule has 0 bridgehead atoms. The van der Waals surface area contributed by atoms with E-state index in [0.717, 1.165) is 0 Å². The van der Waals surface area contributed by atoms with Gasteiger partial charge in [0.15, 0.2) is 5.75 Å². The highest BCUT2D eigenvalue weighted by Gasteiger charge is 2.15. The van der Waals surface area contributed by atoms with Gasteiger partial charge in [-0.3, -0.25) is 14.3 Å². The zero-order valence-corrected chi connectivity index (χ0v) is 11.2. The molecule has 1 rings (SSSR count). The lowest BCUT2D eigenvalue weighted by molar-refractivity contribution is -0.134. The Hall–Kier alpha value is -2.29. The molecule has 20 heavy (non-hydrogen) atoms. The summed E-state index contributed by atoms with van der Waals surface area (Å²) in [6.07, 6.45) is 0.0764. The number of hydrogen-bond acceptors (Lipinski definition) is 5. The molecule has 0 aliphatic rings. The van der Waals surface area contributed by atoms with Crippen molar-refractivity contribution in [1.29, 1.82) is 0 Å². The Morgan fingerprint density at radius 3 is 2.35 bits per heavy atom. The molecule has 4 N–H and O–H groups in total. The number of ether oxygens (including phenoxy) is 1. The van der Waals surface area contributed by atoms with Crippen molar-refractivity contribution in [2.75, 3.05) is 17.1 Å². The number of carboxylic acid groups (broad SMARTS) is 1. The fourth-order valence-electron chi connectivity index (χ4n) is 1.27. The summed E-state index contributed by atoms with van der Waals surface area (Å²) in [5, 5.41) is 8.44. The van der Waals surface area contributed by atoms with Crippen molar-refractivity contribution in [2.45, 2.75) is 6.42 Å². The molecule has 0 saturated heterocycles. The van der Waals surface area contributed by atoms with Crippen LogP contribution in [0.4, 0.5) is 5.69 Å². The summed E-state index contributed by atoms with van der Waals surface area (Å²) in [4.78, 5) is 20.9. The first-order chi connectivity index (χ1) is 9.28. The van der Waals surface area contributed by atoms with E-state index in [9.17, 15) is 18.0 Å². The van der Waals surface area contributed by atoms with E-state index in [-0.39, 0.29) is 18.7 Å². The van der Waals surface area contributed by atoms with E-state index in [0.29, 0.717) is 5.75 Å². The molecule has 0 atom stereocenters. The number of carbonyl (C=O) groups is 2. The van der Waals surface area contributed by atoms with Gasteiger partial charge in [0, 0.05) is 5.69 Å². The molecule has 1 aromatic rings. The van der Waals surface area contributed by atoms with Crippen LogP contribution in [0.5, 0.6) is 5.75 Å². The SMILES string of the molecule is NC(=O)CCOc1ccc(NS(=O)(=O)CC(=O)O)cc1. The lowest BCUT2D eigenvalue weighted by Crippen LogP contribution is -2.22. The number of carbonyl (C=O) groups excluding carboxylic acids is 1. The summed E-state index contributed by atoms with van der Waals surface area (Å²) in [7, 11) is -3.93. The third kappa shape index (κ3) is 6.05. The third-order valence-electron chi connectivity index (χ3n) is 2.06. The van der Waals surface area contributed by atoms with Crippen LogP contribution in [0.15, 0.2) is 24.3 Å². The Morgan fingerprint density at radius 1 is 1.25 bits per heavy atom. The molecule has 0 heterocycles. The average molecular weight is 302 g/mol. The number of amides is 1. The molecule has 0 fully saturated rings. The molecule has 0 radical (unpaired) electrons. The molecule has 0 unspecified atom stereocenters. The van der Waals surface area contributed by atoms with E-state index in [2.05, 4.69) is 4.72 Å². The number of anilines is 1. The van der Waals surface area contributed by atoms with Gasteiger partial charge in [0.05, 0.1) is 13.0 Å². The van der Waals surface area contributed by atoms with Crippen LogP contribution >= 0.6 is 0 Å². The molecule has 0 saturated carbocycles. The third-order valence-corrected chi connectivity index (χ3v) is 3.23. The van der Waals surface area contributed by atoms with Crippen molar-refractivity contribution in [3.63, 3.8) is 0 Å². The first-order valence-electron chi connectivity index (χ1n) is 5.52. The quantitative estimate of drug-likeness (QED) is 0.606. The smallest absolute Gasteiger partial charge is 0.320 e. The largest absolute Gasteiger partial charge is 0.493 e. The van der Waals surface area contributed by atoms with E-state index in [1.807, 2.05) is 0 Å². The van der Waals surface area contributed by atoms with Crippen LogP contribution in [0.3, 0.4) is 0 Å². The van der Waals surface area contributed by atoms with Gasteiger partial charge >= 0.3 is 5.97 Å². The predicted octanol–water partition coefficient (Wildman–Crippen LogP) is -0.233. The average Bonchev–Trinajstić information content (AvgIpc) is 2.28. The number of sulfonamides is 1. The van der Waals surface area contributed by atoms with Crippen molar-refractivity contribution in [1.82, 2.24) is 0 Å². The monoisotopic (exact) mass is 302 g/mol. The maximum absolute atomic E-state index is 11.4.